The van der Waals surface area contributed by atoms with Crippen molar-refractivity contribution in [1.29, 1.82) is 0 Å². The van der Waals surface area contributed by atoms with E-state index in [0.29, 0.717) is 16.7 Å². The molecular weight excluding hydrogens is 238 g/mol. The van der Waals surface area contributed by atoms with Gasteiger partial charge in [-0.15, -0.1) is 0 Å². The summed E-state index contributed by atoms with van der Waals surface area (Å²) in [5.41, 5.74) is 1.37. The largest absolute Gasteiger partial charge is 0.316 e. The molecule has 0 radical (unpaired) electrons. The van der Waals surface area contributed by atoms with Crippen molar-refractivity contribution in [3.8, 4) is 0 Å². The number of fused-ring (bicyclic) bond motifs is 1. The minimum absolute atomic E-state index is 0.109. The van der Waals surface area contributed by atoms with Gasteiger partial charge in [-0.2, -0.15) is 0 Å². The van der Waals surface area contributed by atoms with Crippen LogP contribution in [0.5, 0.6) is 0 Å². The highest BCUT2D eigenvalue weighted by Crippen LogP contribution is 2.20. The first kappa shape index (κ1) is 10.7. The molecule has 0 amide bonds. The first-order chi connectivity index (χ1) is 8.25. The van der Waals surface area contributed by atoms with E-state index in [0.717, 1.165) is 25.2 Å². The van der Waals surface area contributed by atoms with Crippen LogP contribution in [-0.2, 0) is 0 Å². The number of hydrogen-bond donors (Lipinski definition) is 1. The summed E-state index contributed by atoms with van der Waals surface area (Å²) in [6, 6.07) is 6.89. The Labute approximate surface area is 103 Å². The van der Waals surface area contributed by atoms with Gasteiger partial charge in [0.25, 0.3) is 5.56 Å². The third-order valence-corrected chi connectivity index (χ3v) is 3.43. The van der Waals surface area contributed by atoms with Crippen molar-refractivity contribution < 1.29 is 0 Å². The molecule has 1 N–H and O–H groups in total. The summed E-state index contributed by atoms with van der Waals surface area (Å²) in [4.78, 5) is 16.5. The van der Waals surface area contributed by atoms with E-state index in [2.05, 4.69) is 10.3 Å². The minimum Gasteiger partial charge on any atom is -0.316 e. The summed E-state index contributed by atoms with van der Waals surface area (Å²) in [6.07, 6.45) is 1.03. The third-order valence-electron chi connectivity index (χ3n) is 3.14. The number of hydrogen-bond acceptors (Lipinski definition) is 3. The summed E-state index contributed by atoms with van der Waals surface area (Å²) in [5.74, 6) is 0.340. The number of pyridine rings is 1. The van der Waals surface area contributed by atoms with Crippen LogP contribution < -0.4 is 10.9 Å². The van der Waals surface area contributed by atoms with Crippen LogP contribution in [-0.4, -0.2) is 22.5 Å². The molecule has 1 unspecified atom stereocenters. The van der Waals surface area contributed by atoms with Gasteiger partial charge < -0.3 is 5.32 Å². The highest BCUT2D eigenvalue weighted by atomic mass is 35.5. The van der Waals surface area contributed by atoms with Gasteiger partial charge in [0.2, 0.25) is 0 Å². The maximum Gasteiger partial charge on any atom is 0.259 e. The summed E-state index contributed by atoms with van der Waals surface area (Å²) >= 11 is 5.98. The first-order valence-corrected chi connectivity index (χ1v) is 6.02. The zero-order valence-electron chi connectivity index (χ0n) is 9.19. The van der Waals surface area contributed by atoms with Crippen LogP contribution in [0.3, 0.4) is 0 Å². The lowest BCUT2D eigenvalue weighted by Gasteiger charge is -2.09. The van der Waals surface area contributed by atoms with E-state index in [1.165, 1.54) is 4.40 Å². The monoisotopic (exact) mass is 249 g/mol. The zero-order chi connectivity index (χ0) is 11.8. The molecule has 0 bridgehead atoms. The van der Waals surface area contributed by atoms with Crippen molar-refractivity contribution in [1.82, 2.24) is 14.7 Å². The van der Waals surface area contributed by atoms with Crippen molar-refractivity contribution in [3.05, 3.63) is 45.5 Å². The molecule has 17 heavy (non-hydrogen) atoms. The lowest BCUT2D eigenvalue weighted by atomic mass is 10.1. The van der Waals surface area contributed by atoms with Gasteiger partial charge in [-0.3, -0.25) is 9.20 Å². The molecule has 0 aliphatic carbocycles. The quantitative estimate of drug-likeness (QED) is 0.778. The molecule has 4 nitrogen and oxygen atoms in total. The maximum atomic E-state index is 12.0. The SMILES string of the molecule is O=c1cc(C2CCNC2)nc2cccc(Cl)n12. The van der Waals surface area contributed by atoms with Crippen LogP contribution in [0.2, 0.25) is 5.15 Å². The van der Waals surface area contributed by atoms with Crippen molar-refractivity contribution in [3.63, 3.8) is 0 Å². The Hall–Kier alpha value is -1.39. The Morgan fingerprint density at radius 2 is 2.35 bits per heavy atom. The van der Waals surface area contributed by atoms with Gasteiger partial charge in [0, 0.05) is 18.5 Å². The van der Waals surface area contributed by atoms with Crippen molar-refractivity contribution >= 4 is 17.2 Å². The maximum absolute atomic E-state index is 12.0. The van der Waals surface area contributed by atoms with Crippen LogP contribution in [0, 0.1) is 0 Å². The molecule has 1 aliphatic rings. The average Bonchev–Trinajstić information content (AvgIpc) is 2.81. The van der Waals surface area contributed by atoms with E-state index in [1.54, 1.807) is 24.3 Å². The fraction of sp³-hybridized carbons (Fsp3) is 0.333. The Balaban J connectivity index is 2.20. The number of nitrogens with one attached hydrogen (secondary N) is 1. The molecular formula is C12H12ClN3O. The standard InChI is InChI=1S/C12H12ClN3O/c13-10-2-1-3-11-15-9(6-12(17)16(10)11)8-4-5-14-7-8/h1-3,6,8,14H,4-5,7H2. The van der Waals surface area contributed by atoms with E-state index in [9.17, 15) is 4.79 Å². The number of aromatic nitrogens is 2. The van der Waals surface area contributed by atoms with Crippen LogP contribution in [0.15, 0.2) is 29.1 Å². The Morgan fingerprint density at radius 1 is 1.47 bits per heavy atom. The molecule has 0 saturated carbocycles. The number of halogens is 1. The molecule has 5 heteroatoms. The van der Waals surface area contributed by atoms with E-state index in [-0.39, 0.29) is 5.56 Å². The second-order valence-electron chi connectivity index (χ2n) is 4.25. The third kappa shape index (κ3) is 1.83. The molecule has 88 valence electrons. The van der Waals surface area contributed by atoms with Crippen LogP contribution in [0.4, 0.5) is 0 Å². The lowest BCUT2D eigenvalue weighted by molar-refractivity contribution is 0.730. The van der Waals surface area contributed by atoms with E-state index < -0.39 is 0 Å². The minimum atomic E-state index is -0.109. The fourth-order valence-electron chi connectivity index (χ4n) is 2.25. The molecule has 2 aromatic rings. The van der Waals surface area contributed by atoms with Gasteiger partial charge in [-0.25, -0.2) is 4.98 Å². The highest BCUT2D eigenvalue weighted by molar-refractivity contribution is 6.29. The van der Waals surface area contributed by atoms with Crippen molar-refractivity contribution in [2.45, 2.75) is 12.3 Å². The Kier molecular flexibility index (Phi) is 2.61. The highest BCUT2D eigenvalue weighted by Gasteiger charge is 2.19. The lowest BCUT2D eigenvalue weighted by Crippen LogP contribution is -2.18. The van der Waals surface area contributed by atoms with Gasteiger partial charge in [-0.05, 0) is 25.1 Å². The molecule has 0 aromatic carbocycles. The van der Waals surface area contributed by atoms with E-state index >= 15 is 0 Å². The summed E-state index contributed by atoms with van der Waals surface area (Å²) < 4.78 is 1.42. The normalized spacial score (nSPS) is 19.9. The molecule has 0 spiro atoms. The second kappa shape index (κ2) is 4.13. The fourth-order valence-corrected chi connectivity index (χ4v) is 2.49. The Morgan fingerprint density at radius 3 is 3.12 bits per heavy atom. The summed E-state index contributed by atoms with van der Waals surface area (Å²) in [6.45, 7) is 1.88. The van der Waals surface area contributed by atoms with Gasteiger partial charge in [0.1, 0.15) is 10.8 Å². The van der Waals surface area contributed by atoms with Gasteiger partial charge in [-0.1, -0.05) is 17.7 Å². The molecule has 3 heterocycles. The molecule has 1 atom stereocenters. The predicted molar refractivity (Wildman–Crippen MR) is 66.7 cm³/mol. The van der Waals surface area contributed by atoms with Gasteiger partial charge in [0.15, 0.2) is 0 Å². The molecule has 1 aliphatic heterocycles. The number of nitrogens with zero attached hydrogens (tertiary/aromatic N) is 2. The molecule has 2 aromatic heterocycles. The average molecular weight is 250 g/mol. The van der Waals surface area contributed by atoms with E-state index in [4.69, 9.17) is 11.6 Å². The second-order valence-corrected chi connectivity index (χ2v) is 4.64. The smallest absolute Gasteiger partial charge is 0.259 e. The van der Waals surface area contributed by atoms with Gasteiger partial charge >= 0.3 is 0 Å². The molecule has 3 rings (SSSR count). The van der Waals surface area contributed by atoms with Crippen molar-refractivity contribution in [2.75, 3.05) is 13.1 Å². The van der Waals surface area contributed by atoms with Crippen molar-refractivity contribution in [2.24, 2.45) is 0 Å². The molecule has 1 fully saturated rings. The van der Waals surface area contributed by atoms with Gasteiger partial charge in [0.05, 0.1) is 5.69 Å². The Bertz CT molecular complexity index is 617. The predicted octanol–water partition coefficient (Wildman–Crippen LogP) is 1.42. The zero-order valence-corrected chi connectivity index (χ0v) is 9.94. The van der Waals surface area contributed by atoms with Crippen LogP contribution in [0.1, 0.15) is 18.0 Å². The van der Waals surface area contributed by atoms with E-state index in [1.807, 2.05) is 0 Å². The topological polar surface area (TPSA) is 46.4 Å². The summed E-state index contributed by atoms with van der Waals surface area (Å²) in [5, 5.41) is 3.67. The first-order valence-electron chi connectivity index (χ1n) is 5.64. The van der Waals surface area contributed by atoms with Crippen LogP contribution in [0.25, 0.3) is 5.65 Å². The molecule has 1 saturated heterocycles. The van der Waals surface area contributed by atoms with Crippen LogP contribution >= 0.6 is 11.6 Å². The summed E-state index contributed by atoms with van der Waals surface area (Å²) in [7, 11) is 0. The number of rotatable bonds is 1.